The first-order chi connectivity index (χ1) is 9.27. The molecule has 0 saturated heterocycles. The van der Waals surface area contributed by atoms with Gasteiger partial charge >= 0.3 is 6.16 Å². The van der Waals surface area contributed by atoms with Crippen LogP contribution in [0.4, 0.5) is 4.79 Å². The van der Waals surface area contributed by atoms with Gasteiger partial charge in [-0.3, -0.25) is 0 Å². The van der Waals surface area contributed by atoms with E-state index >= 15 is 0 Å². The maximum Gasteiger partial charge on any atom is 0.508 e. The third-order valence-electron chi connectivity index (χ3n) is 2.61. The number of benzene rings is 1. The van der Waals surface area contributed by atoms with Crippen LogP contribution in [-0.2, 0) is 14.2 Å². The minimum absolute atomic E-state index is 0.0222. The van der Waals surface area contributed by atoms with Crippen molar-refractivity contribution in [1.82, 2.24) is 0 Å². The smallest absolute Gasteiger partial charge is 0.434 e. The molecule has 1 unspecified atom stereocenters. The normalized spacial score (nSPS) is 11.6. The van der Waals surface area contributed by atoms with Crippen molar-refractivity contribution in [1.29, 1.82) is 0 Å². The average molecular weight is 264 g/mol. The van der Waals surface area contributed by atoms with E-state index in [2.05, 4.69) is 6.58 Å². The van der Waals surface area contributed by atoms with Gasteiger partial charge < -0.3 is 14.2 Å². The van der Waals surface area contributed by atoms with Crippen LogP contribution < -0.4 is 0 Å². The number of ether oxygens (including phenoxy) is 3. The van der Waals surface area contributed by atoms with Crippen molar-refractivity contribution in [2.75, 3.05) is 20.3 Å². The van der Waals surface area contributed by atoms with Crippen LogP contribution in [0, 0.1) is 0 Å². The summed E-state index contributed by atoms with van der Waals surface area (Å²) in [4.78, 5) is 11.1. The molecule has 104 valence electrons. The summed E-state index contributed by atoms with van der Waals surface area (Å²) in [5, 5.41) is 0. The molecule has 0 fully saturated rings. The van der Waals surface area contributed by atoms with E-state index in [4.69, 9.17) is 14.2 Å². The van der Waals surface area contributed by atoms with Gasteiger partial charge in [-0.25, -0.2) is 4.79 Å². The molecule has 0 N–H and O–H groups in total. The lowest BCUT2D eigenvalue weighted by molar-refractivity contribution is 0.0520. The highest BCUT2D eigenvalue weighted by atomic mass is 16.7. The van der Waals surface area contributed by atoms with E-state index < -0.39 is 6.16 Å². The molecule has 0 aliphatic rings. The predicted octanol–water partition coefficient (Wildman–Crippen LogP) is 3.49. The van der Waals surface area contributed by atoms with E-state index in [0.717, 1.165) is 18.4 Å². The fourth-order valence-corrected chi connectivity index (χ4v) is 1.68. The Balaban J connectivity index is 2.24. The summed E-state index contributed by atoms with van der Waals surface area (Å²) in [6.07, 6.45) is 2.37. The predicted molar refractivity (Wildman–Crippen MR) is 72.9 cm³/mol. The Morgan fingerprint density at radius 1 is 1.32 bits per heavy atom. The Bertz CT molecular complexity index is 375. The minimum atomic E-state index is -0.659. The second-order valence-electron chi connectivity index (χ2n) is 3.98. The van der Waals surface area contributed by atoms with Crippen LogP contribution in [-0.4, -0.2) is 26.5 Å². The maximum absolute atomic E-state index is 11.1. The van der Waals surface area contributed by atoms with Crippen LogP contribution in [0.1, 0.15) is 24.5 Å². The van der Waals surface area contributed by atoms with Crippen molar-refractivity contribution in [3.05, 3.63) is 48.6 Å². The standard InChI is InChI=1S/C15H20O4/c1-3-11-18-15(16)19-12-7-10-14(17-2)13-8-5-4-6-9-13/h3-6,8-9,14H,1,7,10-12H2,2H3. The zero-order chi connectivity index (χ0) is 13.9. The molecule has 0 spiro atoms. The van der Waals surface area contributed by atoms with Crippen molar-refractivity contribution in [3.8, 4) is 0 Å². The van der Waals surface area contributed by atoms with Crippen molar-refractivity contribution in [2.24, 2.45) is 0 Å². The number of hydrogen-bond donors (Lipinski definition) is 0. The molecule has 1 aromatic carbocycles. The average Bonchev–Trinajstić information content (AvgIpc) is 2.46. The van der Waals surface area contributed by atoms with Crippen LogP contribution in [0.15, 0.2) is 43.0 Å². The van der Waals surface area contributed by atoms with Crippen molar-refractivity contribution < 1.29 is 19.0 Å². The maximum atomic E-state index is 11.1. The Morgan fingerprint density at radius 3 is 2.68 bits per heavy atom. The van der Waals surface area contributed by atoms with Crippen molar-refractivity contribution in [3.63, 3.8) is 0 Å². The molecule has 1 atom stereocenters. The summed E-state index contributed by atoms with van der Waals surface area (Å²) in [6.45, 7) is 3.94. The lowest BCUT2D eigenvalue weighted by Gasteiger charge is -2.15. The highest BCUT2D eigenvalue weighted by Gasteiger charge is 2.10. The minimum Gasteiger partial charge on any atom is -0.434 e. The van der Waals surface area contributed by atoms with Crippen LogP contribution in [0.25, 0.3) is 0 Å². The topological polar surface area (TPSA) is 44.8 Å². The summed E-state index contributed by atoms with van der Waals surface area (Å²) in [5.41, 5.74) is 1.12. The van der Waals surface area contributed by atoms with Gasteiger partial charge in [0.25, 0.3) is 0 Å². The Morgan fingerprint density at radius 2 is 2.05 bits per heavy atom. The summed E-state index contributed by atoms with van der Waals surface area (Å²) in [7, 11) is 1.68. The fourth-order valence-electron chi connectivity index (χ4n) is 1.68. The van der Waals surface area contributed by atoms with E-state index in [-0.39, 0.29) is 12.7 Å². The molecule has 1 rings (SSSR count). The number of hydrogen-bond acceptors (Lipinski definition) is 4. The molecule has 0 aliphatic carbocycles. The van der Waals surface area contributed by atoms with Crippen LogP contribution in [0.2, 0.25) is 0 Å². The molecule has 1 aromatic rings. The molecule has 4 heteroatoms. The molecule has 0 amide bonds. The molecule has 0 bridgehead atoms. The molecule has 0 heterocycles. The van der Waals surface area contributed by atoms with Crippen LogP contribution in [0.5, 0.6) is 0 Å². The van der Waals surface area contributed by atoms with Gasteiger partial charge in [-0.1, -0.05) is 43.0 Å². The monoisotopic (exact) mass is 264 g/mol. The number of rotatable bonds is 8. The molecule has 4 nitrogen and oxygen atoms in total. The molecule has 0 aliphatic heterocycles. The van der Waals surface area contributed by atoms with Crippen molar-refractivity contribution in [2.45, 2.75) is 18.9 Å². The lowest BCUT2D eigenvalue weighted by Crippen LogP contribution is -2.10. The summed E-state index contributed by atoms with van der Waals surface area (Å²) in [6, 6.07) is 9.96. The third kappa shape index (κ3) is 6.06. The summed E-state index contributed by atoms with van der Waals surface area (Å²) < 4.78 is 15.0. The van der Waals surface area contributed by atoms with Gasteiger partial charge in [0.1, 0.15) is 6.61 Å². The zero-order valence-electron chi connectivity index (χ0n) is 11.2. The van der Waals surface area contributed by atoms with Gasteiger partial charge in [0, 0.05) is 7.11 Å². The van der Waals surface area contributed by atoms with Crippen LogP contribution in [0.3, 0.4) is 0 Å². The summed E-state index contributed by atoms with van der Waals surface area (Å²) >= 11 is 0. The quantitative estimate of drug-likeness (QED) is 0.409. The molecule has 0 radical (unpaired) electrons. The van der Waals surface area contributed by atoms with Gasteiger partial charge in [0.2, 0.25) is 0 Å². The first-order valence-electron chi connectivity index (χ1n) is 6.26. The first kappa shape index (κ1) is 15.2. The Labute approximate surface area is 114 Å². The van der Waals surface area contributed by atoms with E-state index in [9.17, 15) is 4.79 Å². The van der Waals surface area contributed by atoms with Gasteiger partial charge in [0.05, 0.1) is 12.7 Å². The highest BCUT2D eigenvalue weighted by Crippen LogP contribution is 2.21. The van der Waals surface area contributed by atoms with Gasteiger partial charge in [-0.15, -0.1) is 0 Å². The number of carbonyl (C=O) groups is 1. The molecule has 0 aromatic heterocycles. The van der Waals surface area contributed by atoms with E-state index in [0.29, 0.717) is 6.61 Å². The van der Waals surface area contributed by atoms with Gasteiger partial charge in [-0.2, -0.15) is 0 Å². The second-order valence-corrected chi connectivity index (χ2v) is 3.98. The van der Waals surface area contributed by atoms with E-state index in [1.54, 1.807) is 7.11 Å². The first-order valence-corrected chi connectivity index (χ1v) is 6.26. The van der Waals surface area contributed by atoms with E-state index in [1.807, 2.05) is 30.3 Å². The largest absolute Gasteiger partial charge is 0.508 e. The molecule has 0 saturated carbocycles. The fraction of sp³-hybridized carbons (Fsp3) is 0.400. The molecular formula is C15H20O4. The van der Waals surface area contributed by atoms with Gasteiger partial charge in [-0.05, 0) is 18.4 Å². The third-order valence-corrected chi connectivity index (χ3v) is 2.61. The zero-order valence-corrected chi connectivity index (χ0v) is 11.2. The molecular weight excluding hydrogens is 244 g/mol. The van der Waals surface area contributed by atoms with Gasteiger partial charge in [0.15, 0.2) is 0 Å². The highest BCUT2D eigenvalue weighted by molar-refractivity contribution is 5.59. The number of carbonyl (C=O) groups excluding carboxylic acids is 1. The second kappa shape index (κ2) is 9.16. The number of methoxy groups -OCH3 is 1. The SMILES string of the molecule is C=CCOC(=O)OCCCC(OC)c1ccccc1. The van der Waals surface area contributed by atoms with Crippen molar-refractivity contribution >= 4 is 6.16 Å². The molecule has 19 heavy (non-hydrogen) atoms. The Hall–Kier alpha value is -1.81. The summed E-state index contributed by atoms with van der Waals surface area (Å²) in [5.74, 6) is 0. The van der Waals surface area contributed by atoms with Crippen LogP contribution >= 0.6 is 0 Å². The lowest BCUT2D eigenvalue weighted by atomic mass is 10.1. The van der Waals surface area contributed by atoms with E-state index in [1.165, 1.54) is 6.08 Å². The Kier molecular flexibility index (Phi) is 7.35.